The molecule has 0 spiro atoms. The van der Waals surface area contributed by atoms with E-state index >= 15 is 0 Å². The highest BCUT2D eigenvalue weighted by Gasteiger charge is 2.20. The SMILES string of the molecule is CCCCC(=O)C(C)Cc1cc([N+](=O)[O-])ccc1OC(=O)Oc1ccc([N+](=O)[O-])cc1. The van der Waals surface area contributed by atoms with Crippen molar-refractivity contribution < 1.29 is 28.9 Å². The number of carbonyl (C=O) groups is 2. The van der Waals surface area contributed by atoms with Crippen molar-refractivity contribution in [1.82, 2.24) is 0 Å². The van der Waals surface area contributed by atoms with Gasteiger partial charge >= 0.3 is 6.16 Å². The minimum Gasteiger partial charge on any atom is -0.395 e. The number of hydrogen-bond donors (Lipinski definition) is 0. The number of benzene rings is 2. The van der Waals surface area contributed by atoms with Gasteiger partial charge < -0.3 is 9.47 Å². The Morgan fingerprint density at radius 1 is 0.968 bits per heavy atom. The van der Waals surface area contributed by atoms with Gasteiger partial charge in [-0.2, -0.15) is 0 Å². The molecule has 0 heterocycles. The topological polar surface area (TPSA) is 139 Å². The molecule has 0 saturated carbocycles. The van der Waals surface area contributed by atoms with Crippen LogP contribution >= 0.6 is 0 Å². The number of non-ortho nitro benzene ring substituents is 2. The lowest BCUT2D eigenvalue weighted by atomic mass is 9.93. The Labute approximate surface area is 178 Å². The van der Waals surface area contributed by atoms with Gasteiger partial charge in [-0.15, -0.1) is 0 Å². The van der Waals surface area contributed by atoms with Crippen LogP contribution in [-0.2, 0) is 11.2 Å². The van der Waals surface area contributed by atoms with E-state index in [0.717, 1.165) is 12.8 Å². The molecule has 1 unspecified atom stereocenters. The van der Waals surface area contributed by atoms with E-state index in [1.807, 2.05) is 6.92 Å². The Hall–Kier alpha value is -3.82. The van der Waals surface area contributed by atoms with Crippen LogP contribution in [0.4, 0.5) is 16.2 Å². The van der Waals surface area contributed by atoms with Crippen molar-refractivity contribution in [2.45, 2.75) is 39.5 Å². The molecule has 2 aromatic rings. The second-order valence-electron chi connectivity index (χ2n) is 6.93. The summed E-state index contributed by atoms with van der Waals surface area (Å²) in [6.07, 6.45) is 1.07. The number of nitro benzene ring substituents is 2. The summed E-state index contributed by atoms with van der Waals surface area (Å²) in [5.41, 5.74) is -0.0356. The van der Waals surface area contributed by atoms with E-state index in [2.05, 4.69) is 0 Å². The normalized spacial score (nSPS) is 11.4. The average Bonchev–Trinajstić information content (AvgIpc) is 2.73. The summed E-state index contributed by atoms with van der Waals surface area (Å²) in [7, 11) is 0. The molecule has 0 fully saturated rings. The quantitative estimate of drug-likeness (QED) is 0.222. The Kier molecular flexibility index (Phi) is 8.18. The second kappa shape index (κ2) is 10.8. The first-order valence-corrected chi connectivity index (χ1v) is 9.65. The van der Waals surface area contributed by atoms with Gasteiger partial charge in [0, 0.05) is 42.2 Å². The molecule has 0 aliphatic carbocycles. The molecule has 31 heavy (non-hydrogen) atoms. The zero-order valence-electron chi connectivity index (χ0n) is 17.1. The van der Waals surface area contributed by atoms with Crippen LogP contribution in [0.15, 0.2) is 42.5 Å². The molecule has 0 saturated heterocycles. The third-order valence-corrected chi connectivity index (χ3v) is 4.55. The molecular formula is C21H22N2O8. The summed E-state index contributed by atoms with van der Waals surface area (Å²) in [5.74, 6) is -0.329. The van der Waals surface area contributed by atoms with E-state index in [0.29, 0.717) is 12.0 Å². The zero-order chi connectivity index (χ0) is 23.0. The van der Waals surface area contributed by atoms with E-state index in [1.54, 1.807) is 6.92 Å². The maximum atomic E-state index is 12.3. The number of nitrogens with zero attached hydrogens (tertiary/aromatic N) is 2. The standard InChI is InChI=1S/C21H22N2O8/c1-3-4-5-19(24)14(2)12-15-13-17(23(28)29)8-11-20(15)31-21(25)30-18-9-6-16(7-10-18)22(26)27/h6-11,13-14H,3-5,12H2,1-2H3. The van der Waals surface area contributed by atoms with Crippen molar-refractivity contribution in [3.8, 4) is 11.5 Å². The van der Waals surface area contributed by atoms with Crippen LogP contribution in [0.5, 0.6) is 11.5 Å². The molecule has 10 heteroatoms. The molecule has 10 nitrogen and oxygen atoms in total. The van der Waals surface area contributed by atoms with E-state index in [9.17, 15) is 29.8 Å². The largest absolute Gasteiger partial charge is 0.519 e. The van der Waals surface area contributed by atoms with Crippen LogP contribution in [0.25, 0.3) is 0 Å². The van der Waals surface area contributed by atoms with Crippen molar-refractivity contribution >= 4 is 23.3 Å². The summed E-state index contributed by atoms with van der Waals surface area (Å²) in [4.78, 5) is 45.1. The molecule has 164 valence electrons. The number of unbranched alkanes of at least 4 members (excludes halogenated alkanes) is 1. The lowest BCUT2D eigenvalue weighted by Crippen LogP contribution is -2.17. The predicted octanol–water partition coefficient (Wildman–Crippen LogP) is 5.02. The number of rotatable bonds is 10. The molecule has 0 N–H and O–H groups in total. The zero-order valence-corrected chi connectivity index (χ0v) is 17.1. The Morgan fingerprint density at radius 3 is 2.16 bits per heavy atom. The molecule has 0 radical (unpaired) electrons. The first kappa shape index (κ1) is 23.5. The van der Waals surface area contributed by atoms with Gasteiger partial charge in [0.25, 0.3) is 11.4 Å². The lowest BCUT2D eigenvalue weighted by Gasteiger charge is -2.14. The first-order valence-electron chi connectivity index (χ1n) is 9.65. The molecular weight excluding hydrogens is 408 g/mol. The third-order valence-electron chi connectivity index (χ3n) is 4.55. The van der Waals surface area contributed by atoms with Gasteiger partial charge in [0.15, 0.2) is 0 Å². The molecule has 0 aliphatic rings. The predicted molar refractivity (Wildman–Crippen MR) is 110 cm³/mol. The van der Waals surface area contributed by atoms with Gasteiger partial charge in [-0.25, -0.2) is 4.79 Å². The summed E-state index contributed by atoms with van der Waals surface area (Å²) in [6.45, 7) is 3.69. The van der Waals surface area contributed by atoms with Crippen LogP contribution < -0.4 is 9.47 Å². The molecule has 0 aliphatic heterocycles. The van der Waals surface area contributed by atoms with Gasteiger partial charge in [-0.1, -0.05) is 20.3 Å². The summed E-state index contributed by atoms with van der Waals surface area (Å²) < 4.78 is 10.2. The number of hydrogen-bond acceptors (Lipinski definition) is 8. The number of nitro groups is 2. The first-order chi connectivity index (χ1) is 14.7. The number of ether oxygens (including phenoxy) is 2. The maximum absolute atomic E-state index is 12.3. The Bertz CT molecular complexity index is 972. The molecule has 0 aromatic heterocycles. The van der Waals surface area contributed by atoms with Crippen LogP contribution in [-0.4, -0.2) is 21.8 Å². The maximum Gasteiger partial charge on any atom is 0.519 e. The summed E-state index contributed by atoms with van der Waals surface area (Å²) >= 11 is 0. The van der Waals surface area contributed by atoms with Crippen molar-refractivity contribution in [3.63, 3.8) is 0 Å². The smallest absolute Gasteiger partial charge is 0.395 e. The minimum atomic E-state index is -1.12. The summed E-state index contributed by atoms with van der Waals surface area (Å²) in [5, 5.41) is 21.8. The summed E-state index contributed by atoms with van der Waals surface area (Å²) in [6, 6.07) is 8.54. The number of Topliss-reactive ketones (excluding diaryl/α,β-unsaturated/α-hetero) is 1. The van der Waals surface area contributed by atoms with E-state index in [-0.39, 0.29) is 35.1 Å². The monoisotopic (exact) mass is 430 g/mol. The minimum absolute atomic E-state index is 0.0211. The van der Waals surface area contributed by atoms with Gasteiger partial charge in [0.2, 0.25) is 0 Å². The van der Waals surface area contributed by atoms with Gasteiger partial charge in [-0.3, -0.25) is 25.0 Å². The fourth-order valence-corrected chi connectivity index (χ4v) is 2.82. The van der Waals surface area contributed by atoms with Crippen LogP contribution in [0.2, 0.25) is 0 Å². The average molecular weight is 430 g/mol. The van der Waals surface area contributed by atoms with Crippen molar-refractivity contribution in [3.05, 3.63) is 68.3 Å². The highest BCUT2D eigenvalue weighted by atomic mass is 16.7. The van der Waals surface area contributed by atoms with Crippen LogP contribution in [0.3, 0.4) is 0 Å². The van der Waals surface area contributed by atoms with Gasteiger partial charge in [0.05, 0.1) is 9.85 Å². The van der Waals surface area contributed by atoms with E-state index in [1.165, 1.54) is 42.5 Å². The van der Waals surface area contributed by atoms with Crippen LogP contribution in [0.1, 0.15) is 38.7 Å². The molecule has 0 amide bonds. The van der Waals surface area contributed by atoms with Crippen molar-refractivity contribution in [1.29, 1.82) is 0 Å². The van der Waals surface area contributed by atoms with Crippen LogP contribution in [0, 0.1) is 26.1 Å². The fourth-order valence-electron chi connectivity index (χ4n) is 2.82. The Morgan fingerprint density at radius 2 is 1.58 bits per heavy atom. The highest BCUT2D eigenvalue weighted by molar-refractivity contribution is 5.81. The fraction of sp³-hybridized carbons (Fsp3) is 0.333. The van der Waals surface area contributed by atoms with Gasteiger partial charge in [0.1, 0.15) is 17.3 Å². The van der Waals surface area contributed by atoms with Gasteiger partial charge in [-0.05, 0) is 31.0 Å². The second-order valence-corrected chi connectivity index (χ2v) is 6.93. The van der Waals surface area contributed by atoms with Crippen molar-refractivity contribution in [2.75, 3.05) is 0 Å². The van der Waals surface area contributed by atoms with E-state index < -0.39 is 21.9 Å². The number of carbonyl (C=O) groups excluding carboxylic acids is 2. The Balaban J connectivity index is 2.16. The molecule has 2 aromatic carbocycles. The molecule has 0 bridgehead atoms. The van der Waals surface area contributed by atoms with E-state index in [4.69, 9.17) is 9.47 Å². The molecule has 1 atom stereocenters. The third kappa shape index (κ3) is 6.88. The molecule has 2 rings (SSSR count). The number of ketones is 1. The highest BCUT2D eigenvalue weighted by Crippen LogP contribution is 2.28. The lowest BCUT2D eigenvalue weighted by molar-refractivity contribution is -0.385. The van der Waals surface area contributed by atoms with Crippen molar-refractivity contribution in [2.24, 2.45) is 5.92 Å².